The first kappa shape index (κ1) is 14.5. The molecule has 0 spiro atoms. The Morgan fingerprint density at radius 3 is 2.41 bits per heavy atom. The maximum absolute atomic E-state index is 11.0. The van der Waals surface area contributed by atoms with Crippen molar-refractivity contribution < 1.29 is 9.90 Å². The molecule has 0 saturated heterocycles. The Kier molecular flexibility index (Phi) is 4.95. The summed E-state index contributed by atoms with van der Waals surface area (Å²) in [5.74, 6) is -0.768. The molecule has 1 aliphatic rings. The van der Waals surface area contributed by atoms with Crippen molar-refractivity contribution in [3.8, 4) is 0 Å². The van der Waals surface area contributed by atoms with Gasteiger partial charge >= 0.3 is 5.97 Å². The van der Waals surface area contributed by atoms with Crippen LogP contribution in [0.2, 0.25) is 0 Å². The third-order valence-electron chi connectivity index (χ3n) is 4.05. The predicted octanol–water partition coefficient (Wildman–Crippen LogP) is 1.56. The molecule has 0 aromatic rings. The van der Waals surface area contributed by atoms with Crippen molar-refractivity contribution in [2.45, 2.75) is 51.6 Å². The zero-order valence-corrected chi connectivity index (χ0v) is 11.5. The van der Waals surface area contributed by atoms with Crippen LogP contribution < -0.4 is 5.32 Å². The molecular weight excluding hydrogens is 216 g/mol. The lowest BCUT2D eigenvalue weighted by Gasteiger charge is -2.39. The van der Waals surface area contributed by atoms with Crippen molar-refractivity contribution in [2.75, 3.05) is 20.6 Å². The van der Waals surface area contributed by atoms with Crippen molar-refractivity contribution in [3.63, 3.8) is 0 Å². The van der Waals surface area contributed by atoms with Crippen LogP contribution in [-0.2, 0) is 4.79 Å². The van der Waals surface area contributed by atoms with E-state index in [-0.39, 0.29) is 0 Å². The molecule has 1 aliphatic carbocycles. The topological polar surface area (TPSA) is 52.6 Å². The van der Waals surface area contributed by atoms with E-state index in [0.717, 1.165) is 0 Å². The van der Waals surface area contributed by atoms with Gasteiger partial charge in [0.25, 0.3) is 0 Å². The Balaban J connectivity index is 2.43. The number of nitrogens with one attached hydrogen (secondary N) is 1. The van der Waals surface area contributed by atoms with Gasteiger partial charge in [-0.25, -0.2) is 0 Å². The molecule has 1 saturated carbocycles. The molecule has 4 heteroatoms. The summed E-state index contributed by atoms with van der Waals surface area (Å²) in [6.45, 7) is 5.21. The molecule has 4 nitrogen and oxygen atoms in total. The van der Waals surface area contributed by atoms with E-state index in [0.29, 0.717) is 18.0 Å². The standard InChI is InChI=1S/C13H26N2O2/c1-13(2)7-5-10(6-8-13)15(4)9-11(14-3)12(16)17/h10-11,14H,5-9H2,1-4H3,(H,16,17). The average molecular weight is 242 g/mol. The lowest BCUT2D eigenvalue weighted by atomic mass is 9.75. The van der Waals surface area contributed by atoms with Crippen LogP contribution in [0.3, 0.4) is 0 Å². The van der Waals surface area contributed by atoms with E-state index >= 15 is 0 Å². The van der Waals surface area contributed by atoms with Gasteiger partial charge in [-0.3, -0.25) is 4.79 Å². The molecule has 0 radical (unpaired) electrons. The van der Waals surface area contributed by atoms with E-state index in [2.05, 4.69) is 24.1 Å². The molecule has 0 aromatic carbocycles. The summed E-state index contributed by atoms with van der Waals surface area (Å²) in [5.41, 5.74) is 0.465. The highest BCUT2D eigenvalue weighted by molar-refractivity contribution is 5.73. The second-order valence-electron chi connectivity index (χ2n) is 6.01. The summed E-state index contributed by atoms with van der Waals surface area (Å²) in [4.78, 5) is 13.2. The van der Waals surface area contributed by atoms with Crippen molar-refractivity contribution in [1.29, 1.82) is 0 Å². The molecule has 0 amide bonds. The summed E-state index contributed by atoms with van der Waals surface area (Å²) < 4.78 is 0. The molecule has 1 unspecified atom stereocenters. The monoisotopic (exact) mass is 242 g/mol. The lowest BCUT2D eigenvalue weighted by Crippen LogP contribution is -2.47. The number of hydrogen-bond acceptors (Lipinski definition) is 3. The van der Waals surface area contributed by atoms with Gasteiger partial charge in [-0.2, -0.15) is 0 Å². The quantitative estimate of drug-likeness (QED) is 0.768. The highest BCUT2D eigenvalue weighted by Gasteiger charge is 2.30. The zero-order chi connectivity index (χ0) is 13.1. The molecule has 0 heterocycles. The summed E-state index contributed by atoms with van der Waals surface area (Å²) in [5, 5.41) is 11.9. The van der Waals surface area contributed by atoms with E-state index in [1.165, 1.54) is 25.7 Å². The number of nitrogens with zero attached hydrogens (tertiary/aromatic N) is 1. The SMILES string of the molecule is CNC(CN(C)C1CCC(C)(C)CC1)C(=O)O. The Labute approximate surface area is 104 Å². The Hall–Kier alpha value is -0.610. The molecule has 1 rings (SSSR count). The fraction of sp³-hybridized carbons (Fsp3) is 0.923. The molecule has 2 N–H and O–H groups in total. The van der Waals surface area contributed by atoms with Crippen molar-refractivity contribution in [3.05, 3.63) is 0 Å². The molecule has 1 atom stereocenters. The maximum atomic E-state index is 11.0. The molecule has 0 aromatic heterocycles. The Morgan fingerprint density at radius 2 is 2.00 bits per heavy atom. The largest absolute Gasteiger partial charge is 0.480 e. The zero-order valence-electron chi connectivity index (χ0n) is 11.5. The minimum Gasteiger partial charge on any atom is -0.480 e. The number of carbonyl (C=O) groups is 1. The average Bonchev–Trinajstić information content (AvgIpc) is 2.25. The van der Waals surface area contributed by atoms with E-state index in [9.17, 15) is 4.79 Å². The first-order chi connectivity index (χ1) is 7.85. The molecule has 17 heavy (non-hydrogen) atoms. The highest BCUT2D eigenvalue weighted by Crippen LogP contribution is 2.36. The number of aliphatic carboxylic acids is 1. The minimum absolute atomic E-state index is 0.463. The van der Waals surface area contributed by atoms with Gasteiger partial charge in [0.2, 0.25) is 0 Å². The van der Waals surface area contributed by atoms with Gasteiger partial charge in [-0.1, -0.05) is 13.8 Å². The van der Waals surface area contributed by atoms with Crippen LogP contribution in [-0.4, -0.2) is 48.7 Å². The normalized spacial score (nSPS) is 22.6. The molecule has 1 fully saturated rings. The fourth-order valence-electron chi connectivity index (χ4n) is 2.55. The first-order valence-corrected chi connectivity index (χ1v) is 6.46. The number of carboxylic acid groups (broad SMARTS) is 1. The van der Waals surface area contributed by atoms with Gasteiger partial charge in [-0.15, -0.1) is 0 Å². The maximum Gasteiger partial charge on any atom is 0.322 e. The van der Waals surface area contributed by atoms with Crippen LogP contribution in [0.4, 0.5) is 0 Å². The second kappa shape index (κ2) is 5.83. The van der Waals surface area contributed by atoms with Crippen LogP contribution in [0, 0.1) is 5.41 Å². The Bertz CT molecular complexity index is 256. The Morgan fingerprint density at radius 1 is 1.47 bits per heavy atom. The van der Waals surface area contributed by atoms with Gasteiger partial charge in [-0.05, 0) is 45.2 Å². The van der Waals surface area contributed by atoms with Crippen molar-refractivity contribution in [1.82, 2.24) is 10.2 Å². The third-order valence-corrected chi connectivity index (χ3v) is 4.05. The molecular formula is C13H26N2O2. The lowest BCUT2D eigenvalue weighted by molar-refractivity contribution is -0.140. The van der Waals surface area contributed by atoms with E-state index in [4.69, 9.17) is 5.11 Å². The molecule has 0 bridgehead atoms. The van der Waals surface area contributed by atoms with Gasteiger partial charge in [0.05, 0.1) is 0 Å². The van der Waals surface area contributed by atoms with Crippen LogP contribution in [0.5, 0.6) is 0 Å². The molecule has 0 aliphatic heterocycles. The van der Waals surface area contributed by atoms with Gasteiger partial charge < -0.3 is 15.3 Å². The third kappa shape index (κ3) is 4.28. The van der Waals surface area contributed by atoms with Crippen molar-refractivity contribution >= 4 is 5.97 Å². The summed E-state index contributed by atoms with van der Waals surface area (Å²) >= 11 is 0. The van der Waals surface area contributed by atoms with Gasteiger partial charge in [0.15, 0.2) is 0 Å². The minimum atomic E-state index is -0.768. The number of rotatable bonds is 5. The molecule has 100 valence electrons. The summed E-state index contributed by atoms with van der Waals surface area (Å²) in [7, 11) is 3.74. The van der Waals surface area contributed by atoms with E-state index in [1.54, 1.807) is 7.05 Å². The number of carboxylic acids is 1. The van der Waals surface area contributed by atoms with Crippen LogP contribution in [0.25, 0.3) is 0 Å². The number of hydrogen-bond donors (Lipinski definition) is 2. The highest BCUT2D eigenvalue weighted by atomic mass is 16.4. The van der Waals surface area contributed by atoms with Gasteiger partial charge in [0.1, 0.15) is 6.04 Å². The summed E-state index contributed by atoms with van der Waals surface area (Å²) in [6.07, 6.45) is 4.83. The van der Waals surface area contributed by atoms with E-state index < -0.39 is 12.0 Å². The van der Waals surface area contributed by atoms with Crippen LogP contribution in [0.1, 0.15) is 39.5 Å². The fourth-order valence-corrected chi connectivity index (χ4v) is 2.55. The van der Waals surface area contributed by atoms with Gasteiger partial charge in [0, 0.05) is 12.6 Å². The number of likely N-dealkylation sites (N-methyl/N-ethyl adjacent to an activating group) is 2. The van der Waals surface area contributed by atoms with Crippen LogP contribution in [0.15, 0.2) is 0 Å². The summed E-state index contributed by atoms with van der Waals surface area (Å²) in [6, 6.07) is 0.0770. The van der Waals surface area contributed by atoms with E-state index in [1.807, 2.05) is 7.05 Å². The van der Waals surface area contributed by atoms with Crippen LogP contribution >= 0.6 is 0 Å². The smallest absolute Gasteiger partial charge is 0.322 e. The predicted molar refractivity (Wildman–Crippen MR) is 69.2 cm³/mol. The van der Waals surface area contributed by atoms with Crippen molar-refractivity contribution in [2.24, 2.45) is 5.41 Å². The second-order valence-corrected chi connectivity index (χ2v) is 6.01. The first-order valence-electron chi connectivity index (χ1n) is 6.46.